The van der Waals surface area contributed by atoms with Crippen molar-refractivity contribution in [3.8, 4) is 0 Å². The summed E-state index contributed by atoms with van der Waals surface area (Å²) in [6.45, 7) is 8.50. The van der Waals surface area contributed by atoms with E-state index >= 15 is 0 Å². The Morgan fingerprint density at radius 3 is 2.80 bits per heavy atom. The Kier molecular flexibility index (Phi) is 6.11. The quantitative estimate of drug-likeness (QED) is 0.660. The first-order valence-electron chi connectivity index (χ1n) is 9.39. The van der Waals surface area contributed by atoms with E-state index in [4.69, 9.17) is 0 Å². The Morgan fingerprint density at radius 2 is 2.08 bits per heavy atom. The third-order valence-electron chi connectivity index (χ3n) is 5.10. The van der Waals surface area contributed by atoms with Crippen LogP contribution in [0.4, 0.5) is 0 Å². The number of nitrogens with zero attached hydrogens (tertiary/aromatic N) is 2. The summed E-state index contributed by atoms with van der Waals surface area (Å²) in [6, 6.07) is 13.6. The number of hydrogen-bond acceptors (Lipinski definition) is 2. The highest BCUT2D eigenvalue weighted by molar-refractivity contribution is 5.26. The van der Waals surface area contributed by atoms with Crippen molar-refractivity contribution in [2.45, 2.75) is 57.8 Å². The number of aliphatic hydroxyl groups is 1. The van der Waals surface area contributed by atoms with E-state index < -0.39 is 0 Å². The van der Waals surface area contributed by atoms with E-state index in [0.717, 1.165) is 32.5 Å². The van der Waals surface area contributed by atoms with Crippen molar-refractivity contribution < 1.29 is 5.11 Å². The van der Waals surface area contributed by atoms with E-state index in [0.29, 0.717) is 6.04 Å². The number of allylic oxidation sites excluding steroid dienone is 1. The van der Waals surface area contributed by atoms with Gasteiger partial charge in [0, 0.05) is 37.6 Å². The Hall–Kier alpha value is -1.84. The van der Waals surface area contributed by atoms with Gasteiger partial charge in [-0.3, -0.25) is 4.90 Å². The summed E-state index contributed by atoms with van der Waals surface area (Å²) in [7, 11) is 0. The minimum Gasteiger partial charge on any atom is -0.392 e. The summed E-state index contributed by atoms with van der Waals surface area (Å²) < 4.78 is 2.34. The van der Waals surface area contributed by atoms with Crippen LogP contribution in [0.2, 0.25) is 0 Å². The second-order valence-corrected chi connectivity index (χ2v) is 7.23. The second kappa shape index (κ2) is 8.50. The molecule has 1 unspecified atom stereocenters. The molecule has 1 heterocycles. The Balaban J connectivity index is 1.66. The van der Waals surface area contributed by atoms with Crippen molar-refractivity contribution in [1.29, 1.82) is 0 Å². The topological polar surface area (TPSA) is 28.4 Å². The smallest absolute Gasteiger partial charge is 0.0670 e. The zero-order valence-electron chi connectivity index (χ0n) is 15.3. The fourth-order valence-corrected chi connectivity index (χ4v) is 3.38. The van der Waals surface area contributed by atoms with Gasteiger partial charge in [-0.1, -0.05) is 30.3 Å². The van der Waals surface area contributed by atoms with Crippen LogP contribution in [0.1, 0.15) is 42.5 Å². The molecule has 1 aromatic heterocycles. The molecule has 25 heavy (non-hydrogen) atoms. The van der Waals surface area contributed by atoms with Crippen molar-refractivity contribution in [3.05, 3.63) is 72.1 Å². The van der Waals surface area contributed by atoms with Crippen LogP contribution in [-0.4, -0.2) is 33.3 Å². The van der Waals surface area contributed by atoms with E-state index in [9.17, 15) is 5.11 Å². The molecule has 1 N–H and O–H groups in total. The zero-order valence-corrected chi connectivity index (χ0v) is 15.3. The standard InChI is InChI=1S/C22H30N2O/c1-3-4-11-22(25)17-24(20-12-13-20)16-21-10-7-14-23(21)15-19-9-6-5-8-18(19)2/h3,5-10,14,20,22,25H,1,4,11-13,15-17H2,2H3. The zero-order chi connectivity index (χ0) is 17.6. The maximum Gasteiger partial charge on any atom is 0.0670 e. The second-order valence-electron chi connectivity index (χ2n) is 7.23. The Labute approximate surface area is 151 Å². The first-order chi connectivity index (χ1) is 12.2. The van der Waals surface area contributed by atoms with Gasteiger partial charge in [-0.2, -0.15) is 0 Å². The summed E-state index contributed by atoms with van der Waals surface area (Å²) in [5.74, 6) is 0. The molecule has 1 aliphatic rings. The van der Waals surface area contributed by atoms with Gasteiger partial charge in [-0.05, 0) is 55.9 Å². The van der Waals surface area contributed by atoms with E-state index in [1.165, 1.54) is 29.7 Å². The normalized spacial score (nSPS) is 15.5. The summed E-state index contributed by atoms with van der Waals surface area (Å²) in [5, 5.41) is 10.3. The first kappa shape index (κ1) is 18.0. The van der Waals surface area contributed by atoms with Gasteiger partial charge in [0.05, 0.1) is 6.10 Å². The fourth-order valence-electron chi connectivity index (χ4n) is 3.38. The predicted octanol–water partition coefficient (Wildman–Crippen LogP) is 4.14. The molecule has 0 saturated heterocycles. The van der Waals surface area contributed by atoms with Gasteiger partial charge in [0.15, 0.2) is 0 Å². The van der Waals surface area contributed by atoms with Crippen LogP contribution in [0.15, 0.2) is 55.3 Å². The largest absolute Gasteiger partial charge is 0.392 e. The van der Waals surface area contributed by atoms with Crippen LogP contribution in [-0.2, 0) is 13.1 Å². The van der Waals surface area contributed by atoms with Crippen molar-refractivity contribution in [2.24, 2.45) is 0 Å². The summed E-state index contributed by atoms with van der Waals surface area (Å²) in [4.78, 5) is 2.46. The molecule has 0 spiro atoms. The van der Waals surface area contributed by atoms with Crippen LogP contribution in [0.5, 0.6) is 0 Å². The van der Waals surface area contributed by atoms with Crippen molar-refractivity contribution in [1.82, 2.24) is 9.47 Å². The van der Waals surface area contributed by atoms with Gasteiger partial charge >= 0.3 is 0 Å². The summed E-state index contributed by atoms with van der Waals surface area (Å²) >= 11 is 0. The molecule has 1 fully saturated rings. The molecular formula is C22H30N2O. The van der Waals surface area contributed by atoms with Crippen LogP contribution < -0.4 is 0 Å². The number of aromatic nitrogens is 1. The molecule has 0 radical (unpaired) electrons. The Morgan fingerprint density at radius 1 is 1.28 bits per heavy atom. The Bertz CT molecular complexity index is 687. The average Bonchev–Trinajstić information content (AvgIpc) is 3.37. The SMILES string of the molecule is C=CCCC(O)CN(Cc1cccn1Cc1ccccc1C)C1CC1. The average molecular weight is 338 g/mol. The minimum atomic E-state index is -0.265. The van der Waals surface area contributed by atoms with E-state index in [-0.39, 0.29) is 6.10 Å². The van der Waals surface area contributed by atoms with Crippen LogP contribution in [0.25, 0.3) is 0 Å². The number of aliphatic hydroxyl groups excluding tert-OH is 1. The highest BCUT2D eigenvalue weighted by atomic mass is 16.3. The maximum atomic E-state index is 10.3. The summed E-state index contributed by atoms with van der Waals surface area (Å²) in [5.41, 5.74) is 4.02. The molecule has 3 nitrogen and oxygen atoms in total. The van der Waals surface area contributed by atoms with Gasteiger partial charge < -0.3 is 9.67 Å². The molecule has 1 saturated carbocycles. The lowest BCUT2D eigenvalue weighted by atomic mass is 10.1. The molecule has 3 rings (SSSR count). The lowest BCUT2D eigenvalue weighted by Gasteiger charge is -2.25. The number of hydrogen-bond donors (Lipinski definition) is 1. The monoisotopic (exact) mass is 338 g/mol. The van der Waals surface area contributed by atoms with Gasteiger partial charge in [0.1, 0.15) is 0 Å². The maximum absolute atomic E-state index is 10.3. The van der Waals surface area contributed by atoms with Gasteiger partial charge in [-0.25, -0.2) is 0 Å². The number of aryl methyl sites for hydroxylation is 1. The van der Waals surface area contributed by atoms with Crippen molar-refractivity contribution in [2.75, 3.05) is 6.54 Å². The van der Waals surface area contributed by atoms with Crippen LogP contribution in [0.3, 0.4) is 0 Å². The van der Waals surface area contributed by atoms with Crippen molar-refractivity contribution in [3.63, 3.8) is 0 Å². The van der Waals surface area contributed by atoms with Gasteiger partial charge in [-0.15, -0.1) is 6.58 Å². The lowest BCUT2D eigenvalue weighted by Crippen LogP contribution is -2.34. The molecule has 0 aliphatic heterocycles. The number of benzene rings is 1. The third-order valence-corrected chi connectivity index (χ3v) is 5.10. The van der Waals surface area contributed by atoms with Gasteiger partial charge in [0.25, 0.3) is 0 Å². The highest BCUT2D eigenvalue weighted by Crippen LogP contribution is 2.29. The molecule has 0 bridgehead atoms. The molecule has 1 aromatic carbocycles. The van der Waals surface area contributed by atoms with Crippen molar-refractivity contribution >= 4 is 0 Å². The van der Waals surface area contributed by atoms with E-state index in [1.54, 1.807) is 0 Å². The molecule has 1 atom stereocenters. The van der Waals surface area contributed by atoms with Gasteiger partial charge in [0.2, 0.25) is 0 Å². The minimum absolute atomic E-state index is 0.265. The van der Waals surface area contributed by atoms with E-state index in [1.807, 2.05) is 6.08 Å². The highest BCUT2D eigenvalue weighted by Gasteiger charge is 2.30. The predicted molar refractivity (Wildman–Crippen MR) is 104 cm³/mol. The molecule has 134 valence electrons. The molecule has 2 aromatic rings. The molecule has 3 heteroatoms. The van der Waals surface area contributed by atoms with E-state index in [2.05, 4.69) is 65.6 Å². The molecule has 1 aliphatic carbocycles. The number of rotatable bonds is 10. The molecular weight excluding hydrogens is 308 g/mol. The summed E-state index contributed by atoms with van der Waals surface area (Å²) in [6.07, 6.45) is 7.98. The van der Waals surface area contributed by atoms with Crippen LogP contribution in [0, 0.1) is 6.92 Å². The third kappa shape index (κ3) is 5.07. The van der Waals surface area contributed by atoms with Crippen LogP contribution >= 0.6 is 0 Å². The fraction of sp³-hybridized carbons (Fsp3) is 0.455. The first-order valence-corrected chi connectivity index (χ1v) is 9.39. The lowest BCUT2D eigenvalue weighted by molar-refractivity contribution is 0.0967. The molecule has 0 amide bonds.